The Labute approximate surface area is 142 Å². The second-order valence-electron chi connectivity index (χ2n) is 4.86. The normalized spacial score (nSPS) is 11.9. The minimum Gasteiger partial charge on any atom is -0.341 e. The number of hydrogen-bond donors (Lipinski definition) is 2. The largest absolute Gasteiger partial charge is 0.341 e. The Hall–Kier alpha value is -2.47. The number of halogens is 1. The van der Waals surface area contributed by atoms with Crippen molar-refractivity contribution in [3.8, 4) is 0 Å². The van der Waals surface area contributed by atoms with Crippen molar-refractivity contribution < 1.29 is 9.59 Å². The molecule has 0 aliphatic rings. The zero-order valence-electron chi connectivity index (χ0n) is 12.5. The zero-order valence-corrected chi connectivity index (χ0v) is 14.1. The third-order valence-electron chi connectivity index (χ3n) is 3.10. The number of carbonyl (C=O) groups excluding carboxylic acids is 2. The minimum atomic E-state index is -0.804. The van der Waals surface area contributed by atoms with Crippen molar-refractivity contribution in [2.45, 2.75) is 13.0 Å². The van der Waals surface area contributed by atoms with Crippen molar-refractivity contribution in [3.05, 3.63) is 70.2 Å². The lowest BCUT2D eigenvalue weighted by molar-refractivity contribution is -0.139. The van der Waals surface area contributed by atoms with Gasteiger partial charge in [0.25, 0.3) is 0 Å². The topological polar surface area (TPSA) is 70.6 Å². The first-order valence-corrected chi connectivity index (χ1v) is 7.80. The van der Waals surface area contributed by atoms with Gasteiger partial charge in [0.15, 0.2) is 0 Å². The Morgan fingerprint density at radius 1 is 1.04 bits per heavy atom. The number of hydrazone groups is 1. The van der Waals surface area contributed by atoms with Crippen LogP contribution >= 0.6 is 15.9 Å². The molecule has 2 rings (SSSR count). The fraction of sp³-hybridized carbons (Fsp3) is 0.118. The molecule has 5 nitrogen and oxygen atoms in total. The van der Waals surface area contributed by atoms with E-state index in [-0.39, 0.29) is 6.04 Å². The average Bonchev–Trinajstić information content (AvgIpc) is 2.57. The van der Waals surface area contributed by atoms with Gasteiger partial charge in [-0.15, -0.1) is 0 Å². The third kappa shape index (κ3) is 5.34. The summed E-state index contributed by atoms with van der Waals surface area (Å²) >= 11 is 3.33. The van der Waals surface area contributed by atoms with Gasteiger partial charge in [-0.25, -0.2) is 5.43 Å². The number of nitrogens with zero attached hydrogens (tertiary/aromatic N) is 1. The Morgan fingerprint density at radius 2 is 1.70 bits per heavy atom. The SMILES string of the molecule is C[C@H](NC(=O)C(=O)NN=Cc1ccc(Br)cc1)c1ccccc1. The molecule has 2 aromatic carbocycles. The molecule has 0 aromatic heterocycles. The maximum atomic E-state index is 11.8. The number of hydrogen-bond acceptors (Lipinski definition) is 3. The molecule has 23 heavy (non-hydrogen) atoms. The first-order valence-electron chi connectivity index (χ1n) is 7.00. The van der Waals surface area contributed by atoms with Crippen molar-refractivity contribution in [2.75, 3.05) is 0 Å². The Kier molecular flexibility index (Phi) is 6.05. The lowest BCUT2D eigenvalue weighted by Crippen LogP contribution is -2.39. The summed E-state index contributed by atoms with van der Waals surface area (Å²) in [6.07, 6.45) is 1.47. The van der Waals surface area contributed by atoms with E-state index in [0.29, 0.717) is 0 Å². The highest BCUT2D eigenvalue weighted by Crippen LogP contribution is 2.10. The van der Waals surface area contributed by atoms with E-state index in [0.717, 1.165) is 15.6 Å². The Morgan fingerprint density at radius 3 is 2.35 bits per heavy atom. The summed E-state index contributed by atoms with van der Waals surface area (Å²) in [6.45, 7) is 1.81. The van der Waals surface area contributed by atoms with Crippen molar-refractivity contribution in [1.29, 1.82) is 0 Å². The molecule has 0 unspecified atom stereocenters. The summed E-state index contributed by atoms with van der Waals surface area (Å²) in [5, 5.41) is 6.39. The summed E-state index contributed by atoms with van der Waals surface area (Å²) in [5.74, 6) is -1.53. The van der Waals surface area contributed by atoms with E-state index in [2.05, 4.69) is 31.8 Å². The highest BCUT2D eigenvalue weighted by molar-refractivity contribution is 9.10. The molecule has 0 spiro atoms. The molecule has 0 aliphatic heterocycles. The lowest BCUT2D eigenvalue weighted by Gasteiger charge is -2.13. The first-order chi connectivity index (χ1) is 11.1. The molecule has 6 heteroatoms. The quantitative estimate of drug-likeness (QED) is 0.491. The van der Waals surface area contributed by atoms with Crippen LogP contribution in [0, 0.1) is 0 Å². The molecular weight excluding hydrogens is 358 g/mol. The minimum absolute atomic E-state index is 0.259. The van der Waals surface area contributed by atoms with Crippen molar-refractivity contribution in [2.24, 2.45) is 5.10 Å². The van der Waals surface area contributed by atoms with E-state index in [4.69, 9.17) is 0 Å². The Balaban J connectivity index is 1.85. The van der Waals surface area contributed by atoms with Crippen LogP contribution < -0.4 is 10.7 Å². The smallest absolute Gasteiger partial charge is 0.329 e. The van der Waals surface area contributed by atoms with Gasteiger partial charge in [-0.2, -0.15) is 5.10 Å². The van der Waals surface area contributed by atoms with Gasteiger partial charge in [-0.05, 0) is 30.2 Å². The molecule has 0 saturated heterocycles. The van der Waals surface area contributed by atoms with Gasteiger partial charge in [0.2, 0.25) is 0 Å². The van der Waals surface area contributed by atoms with Crippen molar-refractivity contribution in [1.82, 2.24) is 10.7 Å². The second kappa shape index (κ2) is 8.24. The predicted molar refractivity (Wildman–Crippen MR) is 92.9 cm³/mol. The lowest BCUT2D eigenvalue weighted by atomic mass is 10.1. The number of benzene rings is 2. The fourth-order valence-electron chi connectivity index (χ4n) is 1.85. The van der Waals surface area contributed by atoms with Gasteiger partial charge < -0.3 is 5.32 Å². The van der Waals surface area contributed by atoms with Gasteiger partial charge in [0, 0.05) is 4.47 Å². The van der Waals surface area contributed by atoms with E-state index >= 15 is 0 Å². The van der Waals surface area contributed by atoms with Gasteiger partial charge in [-0.3, -0.25) is 9.59 Å². The molecule has 0 saturated carbocycles. The van der Waals surface area contributed by atoms with Gasteiger partial charge in [0.1, 0.15) is 0 Å². The van der Waals surface area contributed by atoms with E-state index in [1.54, 1.807) is 0 Å². The van der Waals surface area contributed by atoms with Gasteiger partial charge in [0.05, 0.1) is 12.3 Å². The summed E-state index contributed by atoms with van der Waals surface area (Å²) in [7, 11) is 0. The van der Waals surface area contributed by atoms with Crippen LogP contribution in [0.4, 0.5) is 0 Å². The molecular formula is C17H16BrN3O2. The number of nitrogens with one attached hydrogen (secondary N) is 2. The molecule has 2 aromatic rings. The monoisotopic (exact) mass is 373 g/mol. The summed E-state index contributed by atoms with van der Waals surface area (Å²) in [6, 6.07) is 16.5. The highest BCUT2D eigenvalue weighted by Gasteiger charge is 2.16. The number of amides is 2. The van der Waals surface area contributed by atoms with Crippen LogP contribution in [-0.2, 0) is 9.59 Å². The van der Waals surface area contributed by atoms with Crippen LogP contribution in [-0.4, -0.2) is 18.0 Å². The molecule has 0 fully saturated rings. The van der Waals surface area contributed by atoms with Crippen LogP contribution in [0.15, 0.2) is 64.2 Å². The van der Waals surface area contributed by atoms with Crippen LogP contribution in [0.25, 0.3) is 0 Å². The fourth-order valence-corrected chi connectivity index (χ4v) is 2.12. The van der Waals surface area contributed by atoms with E-state index in [1.165, 1.54) is 6.21 Å². The van der Waals surface area contributed by atoms with Crippen LogP contribution in [0.5, 0.6) is 0 Å². The standard InChI is InChI=1S/C17H16BrN3O2/c1-12(14-5-3-2-4-6-14)20-16(22)17(23)21-19-11-13-7-9-15(18)10-8-13/h2-12H,1H3,(H,20,22)(H,21,23)/t12-/m0/s1. The van der Waals surface area contributed by atoms with E-state index < -0.39 is 11.8 Å². The van der Waals surface area contributed by atoms with E-state index in [1.807, 2.05) is 61.5 Å². The van der Waals surface area contributed by atoms with E-state index in [9.17, 15) is 9.59 Å². The maximum absolute atomic E-state index is 11.8. The summed E-state index contributed by atoms with van der Waals surface area (Å²) < 4.78 is 0.952. The molecule has 2 amide bonds. The molecule has 1 atom stereocenters. The van der Waals surface area contributed by atoms with Gasteiger partial charge >= 0.3 is 11.8 Å². The van der Waals surface area contributed by atoms with Crippen molar-refractivity contribution >= 4 is 34.0 Å². The second-order valence-corrected chi connectivity index (χ2v) is 5.77. The highest BCUT2D eigenvalue weighted by atomic mass is 79.9. The predicted octanol–water partition coefficient (Wildman–Crippen LogP) is 2.78. The van der Waals surface area contributed by atoms with Crippen LogP contribution in [0.2, 0.25) is 0 Å². The number of rotatable bonds is 4. The summed E-state index contributed by atoms with van der Waals surface area (Å²) in [4.78, 5) is 23.5. The number of carbonyl (C=O) groups is 2. The van der Waals surface area contributed by atoms with Crippen LogP contribution in [0.1, 0.15) is 24.1 Å². The maximum Gasteiger partial charge on any atom is 0.329 e. The average molecular weight is 374 g/mol. The first kappa shape index (κ1) is 16.9. The van der Waals surface area contributed by atoms with Gasteiger partial charge in [-0.1, -0.05) is 58.4 Å². The molecule has 0 bridgehead atoms. The molecule has 0 aliphatic carbocycles. The van der Waals surface area contributed by atoms with Crippen molar-refractivity contribution in [3.63, 3.8) is 0 Å². The Bertz CT molecular complexity index is 700. The molecule has 0 heterocycles. The molecule has 2 N–H and O–H groups in total. The molecule has 0 radical (unpaired) electrons. The third-order valence-corrected chi connectivity index (χ3v) is 3.63. The van der Waals surface area contributed by atoms with Crippen LogP contribution in [0.3, 0.4) is 0 Å². The summed E-state index contributed by atoms with van der Waals surface area (Å²) in [5.41, 5.74) is 3.94. The molecule has 118 valence electrons. The zero-order chi connectivity index (χ0) is 16.7.